The zero-order valence-corrected chi connectivity index (χ0v) is 18.8. The van der Waals surface area contributed by atoms with Gasteiger partial charge in [-0.15, -0.1) is 16.9 Å². The van der Waals surface area contributed by atoms with Crippen LogP contribution in [0.2, 0.25) is 5.02 Å². The summed E-state index contributed by atoms with van der Waals surface area (Å²) in [5.74, 6) is 0.533. The molecule has 4 rings (SSSR count). The maximum absolute atomic E-state index is 13.1. The standard InChI is InChI=1S/C22H16BrClN4OS/c23-15-6-10-17(11-7-15)25-26-21-20(14-30-19-12-8-16(24)9-13-19)27-28(22(21)29)18-4-2-1-3-5-18/h1-13,27H,14H2. The third kappa shape index (κ3) is 4.92. The van der Waals surface area contributed by atoms with Gasteiger partial charge in [0.05, 0.1) is 17.1 Å². The lowest BCUT2D eigenvalue weighted by molar-refractivity contribution is 0.833. The molecule has 4 aromatic rings. The van der Waals surface area contributed by atoms with Crippen LogP contribution in [0.4, 0.5) is 11.4 Å². The number of halogens is 2. The molecule has 0 amide bonds. The van der Waals surface area contributed by atoms with E-state index < -0.39 is 0 Å². The number of nitrogens with one attached hydrogen (secondary N) is 1. The fraction of sp³-hybridized carbons (Fsp3) is 0.0455. The van der Waals surface area contributed by atoms with Gasteiger partial charge in [-0.3, -0.25) is 9.89 Å². The Morgan fingerprint density at radius 1 is 0.933 bits per heavy atom. The van der Waals surface area contributed by atoms with Gasteiger partial charge in [0.25, 0.3) is 5.56 Å². The topological polar surface area (TPSA) is 62.5 Å². The highest BCUT2D eigenvalue weighted by molar-refractivity contribution is 9.10. The molecule has 5 nitrogen and oxygen atoms in total. The Balaban J connectivity index is 1.68. The molecule has 0 fully saturated rings. The van der Waals surface area contributed by atoms with E-state index in [4.69, 9.17) is 11.6 Å². The lowest BCUT2D eigenvalue weighted by atomic mass is 10.3. The zero-order valence-electron chi connectivity index (χ0n) is 15.6. The monoisotopic (exact) mass is 498 g/mol. The molecule has 0 saturated heterocycles. The summed E-state index contributed by atoms with van der Waals surface area (Å²) in [6.07, 6.45) is 0. The van der Waals surface area contributed by atoms with Gasteiger partial charge in [0.15, 0.2) is 5.69 Å². The molecule has 1 heterocycles. The van der Waals surface area contributed by atoms with Crippen molar-refractivity contribution in [2.75, 3.05) is 0 Å². The first-order chi connectivity index (χ1) is 14.6. The Hall–Kier alpha value is -2.61. The van der Waals surface area contributed by atoms with Crippen LogP contribution in [0.25, 0.3) is 5.69 Å². The summed E-state index contributed by atoms with van der Waals surface area (Å²) in [4.78, 5) is 14.1. The molecular weight excluding hydrogens is 484 g/mol. The summed E-state index contributed by atoms with van der Waals surface area (Å²) in [6.45, 7) is 0. The number of benzene rings is 3. The van der Waals surface area contributed by atoms with Gasteiger partial charge in [-0.1, -0.05) is 45.7 Å². The molecule has 1 N–H and O–H groups in total. The highest BCUT2D eigenvalue weighted by atomic mass is 79.9. The van der Waals surface area contributed by atoms with E-state index in [2.05, 4.69) is 31.3 Å². The lowest BCUT2D eigenvalue weighted by Crippen LogP contribution is -2.13. The number of para-hydroxylation sites is 1. The van der Waals surface area contributed by atoms with Gasteiger partial charge in [-0.25, -0.2) is 4.68 Å². The molecule has 8 heteroatoms. The van der Waals surface area contributed by atoms with Crippen molar-refractivity contribution in [3.05, 3.63) is 104 Å². The van der Waals surface area contributed by atoms with E-state index in [9.17, 15) is 4.79 Å². The number of aromatic amines is 1. The summed E-state index contributed by atoms with van der Waals surface area (Å²) in [5.41, 5.74) is 2.16. The van der Waals surface area contributed by atoms with E-state index in [1.54, 1.807) is 11.8 Å². The maximum atomic E-state index is 13.1. The predicted octanol–water partition coefficient (Wildman–Crippen LogP) is 7.29. The van der Waals surface area contributed by atoms with Crippen LogP contribution in [0.3, 0.4) is 0 Å². The molecular formula is C22H16BrClN4OS. The van der Waals surface area contributed by atoms with E-state index in [-0.39, 0.29) is 5.56 Å². The van der Waals surface area contributed by atoms with Gasteiger partial charge in [0.2, 0.25) is 0 Å². The van der Waals surface area contributed by atoms with Gasteiger partial charge in [0.1, 0.15) is 0 Å². The molecule has 0 spiro atoms. The highest BCUT2D eigenvalue weighted by Crippen LogP contribution is 2.28. The number of H-pyrrole nitrogens is 1. The zero-order chi connectivity index (χ0) is 20.9. The van der Waals surface area contributed by atoms with Crippen LogP contribution in [-0.2, 0) is 5.75 Å². The molecule has 0 saturated carbocycles. The molecule has 0 aliphatic carbocycles. The van der Waals surface area contributed by atoms with Crippen molar-refractivity contribution < 1.29 is 0 Å². The van der Waals surface area contributed by atoms with Gasteiger partial charge in [-0.2, -0.15) is 5.11 Å². The predicted molar refractivity (Wildman–Crippen MR) is 126 cm³/mol. The fourth-order valence-corrected chi connectivity index (χ4v) is 3.97. The summed E-state index contributed by atoms with van der Waals surface area (Å²) in [6, 6.07) is 24.4. The van der Waals surface area contributed by atoms with E-state index in [0.717, 1.165) is 15.1 Å². The normalized spacial score (nSPS) is 11.3. The molecule has 150 valence electrons. The Morgan fingerprint density at radius 2 is 1.63 bits per heavy atom. The number of rotatable bonds is 6. The molecule has 0 bridgehead atoms. The minimum atomic E-state index is -0.242. The fourth-order valence-electron chi connectivity index (χ4n) is 2.74. The van der Waals surface area contributed by atoms with Gasteiger partial charge < -0.3 is 0 Å². The second kappa shape index (κ2) is 9.47. The number of hydrogen-bond acceptors (Lipinski definition) is 4. The summed E-state index contributed by atoms with van der Waals surface area (Å²) in [5, 5.41) is 12.4. The second-order valence-electron chi connectivity index (χ2n) is 6.33. The first kappa shape index (κ1) is 20.7. The maximum Gasteiger partial charge on any atom is 0.299 e. The number of aromatic nitrogens is 2. The molecule has 0 unspecified atom stereocenters. The van der Waals surface area contributed by atoms with Gasteiger partial charge in [-0.05, 0) is 60.7 Å². The largest absolute Gasteiger partial charge is 0.299 e. The second-order valence-corrected chi connectivity index (χ2v) is 8.73. The summed E-state index contributed by atoms with van der Waals surface area (Å²) < 4.78 is 2.45. The van der Waals surface area contributed by atoms with Crippen LogP contribution in [-0.4, -0.2) is 9.78 Å². The van der Waals surface area contributed by atoms with E-state index >= 15 is 0 Å². The van der Waals surface area contributed by atoms with Crippen LogP contribution < -0.4 is 5.56 Å². The van der Waals surface area contributed by atoms with Crippen molar-refractivity contribution in [1.82, 2.24) is 9.78 Å². The van der Waals surface area contributed by atoms with E-state index in [0.29, 0.717) is 27.8 Å². The lowest BCUT2D eigenvalue weighted by Gasteiger charge is -2.02. The Kier molecular flexibility index (Phi) is 6.52. The van der Waals surface area contributed by atoms with Gasteiger partial charge in [0, 0.05) is 20.1 Å². The number of azo groups is 1. The van der Waals surface area contributed by atoms with Crippen LogP contribution in [0, 0.1) is 0 Å². The number of thioether (sulfide) groups is 1. The minimum absolute atomic E-state index is 0.242. The first-order valence-electron chi connectivity index (χ1n) is 9.05. The molecule has 3 aromatic carbocycles. The minimum Gasteiger partial charge on any atom is -0.292 e. The van der Waals surface area contributed by atoms with Crippen LogP contribution >= 0.6 is 39.3 Å². The molecule has 0 aliphatic heterocycles. The SMILES string of the molecule is O=c1c(N=Nc2ccc(Br)cc2)c(CSc2ccc(Cl)cc2)[nH]n1-c1ccccc1. The van der Waals surface area contributed by atoms with Crippen molar-refractivity contribution in [2.24, 2.45) is 10.2 Å². The summed E-state index contributed by atoms with van der Waals surface area (Å²) in [7, 11) is 0. The number of hydrogen-bond donors (Lipinski definition) is 1. The van der Waals surface area contributed by atoms with E-state index in [1.807, 2.05) is 78.9 Å². The average molecular weight is 500 g/mol. The van der Waals surface area contributed by atoms with Crippen LogP contribution in [0.5, 0.6) is 0 Å². The van der Waals surface area contributed by atoms with Crippen LogP contribution in [0.1, 0.15) is 5.69 Å². The van der Waals surface area contributed by atoms with Crippen molar-refractivity contribution >= 4 is 50.7 Å². The third-order valence-electron chi connectivity index (χ3n) is 4.24. The first-order valence-corrected chi connectivity index (χ1v) is 11.2. The highest BCUT2D eigenvalue weighted by Gasteiger charge is 2.15. The Labute approximate surface area is 190 Å². The molecule has 1 aromatic heterocycles. The van der Waals surface area contributed by atoms with Crippen molar-refractivity contribution in [3.63, 3.8) is 0 Å². The number of nitrogens with zero attached hydrogens (tertiary/aromatic N) is 3. The summed E-state index contributed by atoms with van der Waals surface area (Å²) >= 11 is 11.0. The van der Waals surface area contributed by atoms with Crippen molar-refractivity contribution in [3.8, 4) is 5.69 Å². The molecule has 0 aliphatic rings. The quantitative estimate of drug-likeness (QED) is 0.224. The molecule has 30 heavy (non-hydrogen) atoms. The third-order valence-corrected chi connectivity index (χ3v) is 6.06. The van der Waals surface area contributed by atoms with Gasteiger partial charge >= 0.3 is 0 Å². The average Bonchev–Trinajstić information content (AvgIpc) is 3.09. The van der Waals surface area contributed by atoms with Crippen LogP contribution in [0.15, 0.2) is 103 Å². The Morgan fingerprint density at radius 3 is 2.33 bits per heavy atom. The Bertz CT molecular complexity index is 1220. The van der Waals surface area contributed by atoms with E-state index in [1.165, 1.54) is 4.68 Å². The van der Waals surface area contributed by atoms with Crippen molar-refractivity contribution in [2.45, 2.75) is 10.6 Å². The molecule has 0 atom stereocenters. The smallest absolute Gasteiger partial charge is 0.292 e. The van der Waals surface area contributed by atoms with Crippen molar-refractivity contribution in [1.29, 1.82) is 0 Å². The molecule has 0 radical (unpaired) electrons.